The van der Waals surface area contributed by atoms with Gasteiger partial charge in [0, 0.05) is 13.0 Å². The minimum atomic E-state index is 0.0338. The minimum Gasteiger partial charge on any atom is -0.383 e. The quantitative estimate of drug-likeness (QED) is 0.743. The fourth-order valence-electron chi connectivity index (χ4n) is 1.47. The van der Waals surface area contributed by atoms with Gasteiger partial charge < -0.3 is 5.73 Å². The van der Waals surface area contributed by atoms with Crippen molar-refractivity contribution in [3.8, 4) is 0 Å². The second-order valence-electron chi connectivity index (χ2n) is 3.62. The van der Waals surface area contributed by atoms with E-state index in [0.29, 0.717) is 11.4 Å². The molecule has 14 heavy (non-hydrogen) atoms. The van der Waals surface area contributed by atoms with E-state index in [2.05, 4.69) is 12.0 Å². The van der Waals surface area contributed by atoms with Crippen LogP contribution in [-0.4, -0.2) is 15.6 Å². The first-order chi connectivity index (χ1) is 6.57. The van der Waals surface area contributed by atoms with Crippen molar-refractivity contribution in [1.29, 1.82) is 0 Å². The molecule has 0 spiro atoms. The Morgan fingerprint density at radius 1 is 1.71 bits per heavy atom. The highest BCUT2D eigenvalue weighted by Crippen LogP contribution is 2.17. The third-order valence-corrected chi connectivity index (χ3v) is 2.42. The zero-order chi connectivity index (χ0) is 10.7. The summed E-state index contributed by atoms with van der Waals surface area (Å²) in [7, 11) is 1.73. The molecule has 4 nitrogen and oxygen atoms in total. The van der Waals surface area contributed by atoms with Crippen molar-refractivity contribution in [1.82, 2.24) is 9.78 Å². The fraction of sp³-hybridized carbons (Fsp3) is 0.600. The van der Waals surface area contributed by atoms with E-state index in [9.17, 15) is 4.79 Å². The van der Waals surface area contributed by atoms with Gasteiger partial charge in [0.25, 0.3) is 0 Å². The van der Waals surface area contributed by atoms with E-state index in [0.717, 1.165) is 12.8 Å². The Morgan fingerprint density at radius 3 is 2.79 bits per heavy atom. The van der Waals surface area contributed by atoms with Gasteiger partial charge in [-0.15, -0.1) is 0 Å². The number of hydrogen-bond acceptors (Lipinski definition) is 3. The Labute approximate surface area is 84.1 Å². The second-order valence-corrected chi connectivity index (χ2v) is 3.62. The van der Waals surface area contributed by atoms with Crippen molar-refractivity contribution in [2.75, 3.05) is 5.73 Å². The maximum atomic E-state index is 11.8. The molecule has 0 aliphatic heterocycles. The summed E-state index contributed by atoms with van der Waals surface area (Å²) in [6.45, 7) is 3.99. The smallest absolute Gasteiger partial charge is 0.170 e. The van der Waals surface area contributed by atoms with Gasteiger partial charge in [-0.2, -0.15) is 5.10 Å². The maximum absolute atomic E-state index is 11.8. The highest BCUT2D eigenvalue weighted by Gasteiger charge is 2.19. The van der Waals surface area contributed by atoms with E-state index in [1.165, 1.54) is 4.68 Å². The van der Waals surface area contributed by atoms with Gasteiger partial charge in [0.1, 0.15) is 5.82 Å². The van der Waals surface area contributed by atoms with Crippen molar-refractivity contribution in [2.45, 2.75) is 26.7 Å². The molecular formula is C10H17N3O. The number of Topliss-reactive ketones (excluding diaryl/α,β-unsaturated/α-hetero) is 1. The molecule has 0 aliphatic rings. The molecule has 1 unspecified atom stereocenters. The van der Waals surface area contributed by atoms with Crippen LogP contribution in [0.4, 0.5) is 5.82 Å². The first-order valence-corrected chi connectivity index (χ1v) is 4.89. The third-order valence-electron chi connectivity index (χ3n) is 2.42. The number of aromatic nitrogens is 2. The van der Waals surface area contributed by atoms with Gasteiger partial charge in [-0.1, -0.05) is 20.3 Å². The van der Waals surface area contributed by atoms with Crippen LogP contribution in [0, 0.1) is 5.92 Å². The Balaban J connectivity index is 2.84. The van der Waals surface area contributed by atoms with Gasteiger partial charge in [0.2, 0.25) is 0 Å². The van der Waals surface area contributed by atoms with Gasteiger partial charge >= 0.3 is 0 Å². The predicted octanol–water partition coefficient (Wildman–Crippen LogP) is 1.62. The van der Waals surface area contributed by atoms with Crippen LogP contribution in [-0.2, 0) is 7.05 Å². The normalized spacial score (nSPS) is 12.8. The number of aryl methyl sites for hydroxylation is 1. The lowest BCUT2D eigenvalue weighted by molar-refractivity contribution is 0.0924. The number of carbonyl (C=O) groups is 1. The van der Waals surface area contributed by atoms with Gasteiger partial charge in [0.15, 0.2) is 5.78 Å². The Morgan fingerprint density at radius 2 is 2.36 bits per heavy atom. The molecule has 0 radical (unpaired) electrons. The standard InChI is InChI=1S/C10H17N3O/c1-4-5-7(2)9(14)8-6-12-13(3)10(8)11/h6-7H,4-5,11H2,1-3H3. The first kappa shape index (κ1) is 10.8. The number of nitrogen functional groups attached to an aromatic ring is 1. The molecule has 1 aromatic heterocycles. The molecule has 0 aliphatic carbocycles. The molecule has 0 saturated heterocycles. The summed E-state index contributed by atoms with van der Waals surface area (Å²) < 4.78 is 1.52. The van der Waals surface area contributed by atoms with E-state index in [1.54, 1.807) is 13.2 Å². The van der Waals surface area contributed by atoms with Crippen LogP contribution in [0.25, 0.3) is 0 Å². The van der Waals surface area contributed by atoms with Crippen molar-refractivity contribution < 1.29 is 4.79 Å². The monoisotopic (exact) mass is 195 g/mol. The van der Waals surface area contributed by atoms with Gasteiger partial charge in [-0.25, -0.2) is 0 Å². The summed E-state index contributed by atoms with van der Waals surface area (Å²) in [6.07, 6.45) is 3.45. The van der Waals surface area contributed by atoms with Crippen molar-refractivity contribution in [3.05, 3.63) is 11.8 Å². The molecule has 0 aromatic carbocycles. The topological polar surface area (TPSA) is 60.9 Å². The van der Waals surface area contributed by atoms with Gasteiger partial charge in [-0.05, 0) is 6.42 Å². The Bertz CT molecular complexity index is 330. The largest absolute Gasteiger partial charge is 0.383 e. The molecule has 0 saturated carbocycles. The van der Waals surface area contributed by atoms with Crippen LogP contribution in [0.1, 0.15) is 37.0 Å². The summed E-state index contributed by atoms with van der Waals surface area (Å²) in [4.78, 5) is 11.8. The molecule has 1 heterocycles. The first-order valence-electron chi connectivity index (χ1n) is 4.89. The summed E-state index contributed by atoms with van der Waals surface area (Å²) in [6, 6.07) is 0. The van der Waals surface area contributed by atoms with E-state index < -0.39 is 0 Å². The third kappa shape index (κ3) is 1.95. The number of nitrogens with zero attached hydrogens (tertiary/aromatic N) is 2. The molecule has 2 N–H and O–H groups in total. The average molecular weight is 195 g/mol. The molecule has 0 bridgehead atoms. The summed E-state index contributed by atoms with van der Waals surface area (Å²) in [5.74, 6) is 0.585. The lowest BCUT2D eigenvalue weighted by Gasteiger charge is -2.07. The Hall–Kier alpha value is -1.32. The second kappa shape index (κ2) is 4.26. The molecule has 0 fully saturated rings. The molecule has 4 heteroatoms. The number of carbonyl (C=O) groups excluding carboxylic acids is 1. The zero-order valence-corrected chi connectivity index (χ0v) is 8.95. The summed E-state index contributed by atoms with van der Waals surface area (Å²) in [5, 5.41) is 3.95. The molecule has 1 aromatic rings. The SMILES string of the molecule is CCCC(C)C(=O)c1cnn(C)c1N. The fourth-order valence-corrected chi connectivity index (χ4v) is 1.47. The van der Waals surface area contributed by atoms with Crippen LogP contribution >= 0.6 is 0 Å². The Kier molecular flexibility index (Phi) is 3.28. The van der Waals surface area contributed by atoms with Crippen LogP contribution in [0.15, 0.2) is 6.20 Å². The summed E-state index contributed by atoms with van der Waals surface area (Å²) >= 11 is 0. The molecule has 1 rings (SSSR count). The van der Waals surface area contributed by atoms with E-state index in [4.69, 9.17) is 5.73 Å². The van der Waals surface area contributed by atoms with Crippen LogP contribution in [0.5, 0.6) is 0 Å². The van der Waals surface area contributed by atoms with Gasteiger partial charge in [0.05, 0.1) is 11.8 Å². The lowest BCUT2D eigenvalue weighted by atomic mass is 9.97. The molecule has 0 amide bonds. The van der Waals surface area contributed by atoms with Gasteiger partial charge in [-0.3, -0.25) is 9.48 Å². The number of nitrogens with two attached hydrogens (primary N) is 1. The van der Waals surface area contributed by atoms with Crippen molar-refractivity contribution in [3.63, 3.8) is 0 Å². The van der Waals surface area contributed by atoms with Crippen molar-refractivity contribution in [2.24, 2.45) is 13.0 Å². The minimum absolute atomic E-state index is 0.0338. The highest BCUT2D eigenvalue weighted by atomic mass is 16.1. The number of ketones is 1. The van der Waals surface area contributed by atoms with Crippen molar-refractivity contribution >= 4 is 11.6 Å². The van der Waals surface area contributed by atoms with E-state index in [-0.39, 0.29) is 11.7 Å². The average Bonchev–Trinajstić information content (AvgIpc) is 2.47. The molecular weight excluding hydrogens is 178 g/mol. The van der Waals surface area contributed by atoms with Crippen LogP contribution in [0.3, 0.4) is 0 Å². The van der Waals surface area contributed by atoms with E-state index >= 15 is 0 Å². The van der Waals surface area contributed by atoms with Crippen LogP contribution < -0.4 is 5.73 Å². The van der Waals surface area contributed by atoms with E-state index in [1.807, 2.05) is 6.92 Å². The summed E-state index contributed by atoms with van der Waals surface area (Å²) in [5.41, 5.74) is 6.27. The molecule has 78 valence electrons. The lowest BCUT2D eigenvalue weighted by Crippen LogP contribution is -2.12. The predicted molar refractivity (Wildman–Crippen MR) is 56.0 cm³/mol. The maximum Gasteiger partial charge on any atom is 0.170 e. The van der Waals surface area contributed by atoms with Crippen LogP contribution in [0.2, 0.25) is 0 Å². The highest BCUT2D eigenvalue weighted by molar-refractivity contribution is 6.01. The number of hydrogen-bond donors (Lipinski definition) is 1. The number of anilines is 1. The molecule has 1 atom stereocenters. The zero-order valence-electron chi connectivity index (χ0n) is 8.95. The number of rotatable bonds is 4.